The topological polar surface area (TPSA) is 161 Å². The van der Waals surface area contributed by atoms with Gasteiger partial charge in [-0.05, 0) is 98.4 Å². The van der Waals surface area contributed by atoms with E-state index in [-0.39, 0.29) is 72.1 Å². The molecule has 5 aliphatic rings. The van der Waals surface area contributed by atoms with Crippen molar-refractivity contribution in [3.8, 4) is 12.3 Å². The van der Waals surface area contributed by atoms with E-state index in [1.165, 1.54) is 0 Å². The number of esters is 1. The fourth-order valence-electron chi connectivity index (χ4n) is 13.9. The molecule has 0 radical (unpaired) electrons. The van der Waals surface area contributed by atoms with E-state index in [1.54, 1.807) is 39.9 Å². The zero-order chi connectivity index (χ0) is 62.9. The van der Waals surface area contributed by atoms with Crippen LogP contribution in [0, 0.1) is 24.2 Å². The maximum atomic E-state index is 13.9. The summed E-state index contributed by atoms with van der Waals surface area (Å²) in [6.45, 7) is 37.9. The minimum absolute atomic E-state index is 0.00431. The monoisotopic (exact) mass is 1230 g/mol. The summed E-state index contributed by atoms with van der Waals surface area (Å²) < 4.78 is 79.6. The molecule has 7 heterocycles. The van der Waals surface area contributed by atoms with Crippen LogP contribution in [0.25, 0.3) is 12.2 Å². The first-order valence-electron chi connectivity index (χ1n) is 31.8. The van der Waals surface area contributed by atoms with E-state index in [0.717, 1.165) is 41.7 Å². The second kappa shape index (κ2) is 30.2. The van der Waals surface area contributed by atoms with E-state index in [0.29, 0.717) is 79.0 Å². The lowest BCUT2D eigenvalue weighted by molar-refractivity contribution is -0.297. The second-order valence-corrected chi connectivity index (χ2v) is 37.9. The summed E-state index contributed by atoms with van der Waals surface area (Å²) in [5.74, 6) is 1.69. The van der Waals surface area contributed by atoms with Crippen molar-refractivity contribution in [2.45, 2.75) is 274 Å². The second-order valence-electron chi connectivity index (χ2n) is 27.7. The maximum Gasteiger partial charge on any atom is 0.330 e. The van der Waals surface area contributed by atoms with E-state index < -0.39 is 52.8 Å². The van der Waals surface area contributed by atoms with Crippen LogP contribution in [0.4, 0.5) is 0 Å². The normalized spacial score (nSPS) is 32.0. The summed E-state index contributed by atoms with van der Waals surface area (Å²) in [7, 11) is 0.515. The summed E-state index contributed by atoms with van der Waals surface area (Å²) in [5.41, 5.74) is 5.39. The highest BCUT2D eigenvalue weighted by Gasteiger charge is 2.52. The standard InChI is InChI=1S/C69H106N2O13Si2/c1-21-24-52(73-16)30-29-46(8)33-62(84-86(43(2)3,44(4)5)45(6)7)61-38-57(74-17)39-69(75-18,82-61)40-64-70-51(41-76-64)34-48(10)66-50(12)67-49(11)59(80-66)26-23-27-63-71-58(42-77-63)60-37-56(83-85(19,20)68(13,14)15)36-55(79-60)35-54-32-47(9)31-53(78-54)25-22-28-65(72)81-67/h1,22-23,27-30,33-34,41-45,49-50,52-57,59-62,66-67H,9,24-26,31-32,35-40H2,2-8,10-20H3/b27-23+,28-22-,30-29+,46-33+,48-34+/t49-,50+,52-,53+,54-,55-,56-,57-,59-,60-,61-,62-,66+,67+,69+/m1/s1. The van der Waals surface area contributed by atoms with Crippen molar-refractivity contribution in [2.75, 3.05) is 21.3 Å². The molecule has 0 N–H and O–H groups in total. The number of carbonyl (C=O) groups excluding carboxylic acids is 1. The zero-order valence-electron chi connectivity index (χ0n) is 55.4. The molecule has 0 amide bonds. The van der Waals surface area contributed by atoms with E-state index in [4.69, 9.17) is 72.0 Å². The van der Waals surface area contributed by atoms with Crippen molar-refractivity contribution in [2.24, 2.45) is 11.8 Å². The molecular formula is C69H106N2O13Si2. The van der Waals surface area contributed by atoms with Crippen molar-refractivity contribution < 1.29 is 60.4 Å². The summed E-state index contributed by atoms with van der Waals surface area (Å²) in [6.07, 6.45) is 27.8. The molecule has 0 unspecified atom stereocenters. The molecule has 478 valence electrons. The number of hydrogen-bond donors (Lipinski definition) is 0. The molecule has 15 nitrogen and oxygen atoms in total. The van der Waals surface area contributed by atoms with Crippen LogP contribution in [0.2, 0.25) is 34.8 Å². The Bertz CT molecular complexity index is 2720. The van der Waals surface area contributed by atoms with E-state index >= 15 is 0 Å². The van der Waals surface area contributed by atoms with Crippen LogP contribution >= 0.6 is 0 Å². The Labute approximate surface area is 518 Å². The van der Waals surface area contributed by atoms with Gasteiger partial charge in [-0.1, -0.05) is 124 Å². The Morgan fingerprint density at radius 1 is 0.872 bits per heavy atom. The average Bonchev–Trinajstić information content (AvgIpc) is 1.49. The van der Waals surface area contributed by atoms with Crippen LogP contribution in [0.15, 0.2) is 81.1 Å². The van der Waals surface area contributed by atoms with Gasteiger partial charge in [0.25, 0.3) is 0 Å². The van der Waals surface area contributed by atoms with E-state index in [9.17, 15) is 4.79 Å². The summed E-state index contributed by atoms with van der Waals surface area (Å²) in [5, 5.41) is 0.0525. The van der Waals surface area contributed by atoms with Crippen molar-refractivity contribution >= 4 is 34.8 Å². The summed E-state index contributed by atoms with van der Waals surface area (Å²) in [4.78, 5) is 23.9. The molecule has 0 spiro atoms. The Balaban J connectivity index is 1.14. The summed E-state index contributed by atoms with van der Waals surface area (Å²) in [6, 6.07) is 0. The van der Waals surface area contributed by atoms with Gasteiger partial charge in [0.05, 0.1) is 67.5 Å². The van der Waals surface area contributed by atoms with Crippen molar-refractivity contribution in [1.29, 1.82) is 0 Å². The number of ether oxygens (including phenoxy) is 8. The first-order valence-corrected chi connectivity index (χ1v) is 36.9. The number of terminal acetylenes is 1. The Kier molecular flexibility index (Phi) is 24.4. The number of fused-ring (bicyclic) bond motifs is 9. The van der Waals surface area contributed by atoms with Gasteiger partial charge in [-0.2, -0.15) is 0 Å². The number of oxazole rings is 2. The van der Waals surface area contributed by atoms with Gasteiger partial charge in [0.15, 0.2) is 20.0 Å². The highest BCUT2D eigenvalue weighted by atomic mass is 28.4. The van der Waals surface area contributed by atoms with E-state index in [1.807, 2.05) is 37.3 Å². The number of methoxy groups -OCH3 is 3. The molecule has 2 aromatic heterocycles. The first kappa shape index (κ1) is 69.4. The maximum absolute atomic E-state index is 13.9. The van der Waals surface area contributed by atoms with Crippen LogP contribution in [-0.4, -0.2) is 127 Å². The van der Waals surface area contributed by atoms with Crippen LogP contribution < -0.4 is 0 Å². The third-order valence-corrected chi connectivity index (χ3v) is 30.0. The Morgan fingerprint density at radius 3 is 2.24 bits per heavy atom. The Morgan fingerprint density at radius 2 is 1.58 bits per heavy atom. The third-order valence-electron chi connectivity index (χ3n) is 19.4. The predicted octanol–water partition coefficient (Wildman–Crippen LogP) is 15.4. The van der Waals surface area contributed by atoms with E-state index in [2.05, 4.69) is 121 Å². The molecule has 2 aromatic rings. The van der Waals surface area contributed by atoms with Gasteiger partial charge in [-0.25, -0.2) is 14.8 Å². The van der Waals surface area contributed by atoms with Crippen LogP contribution in [0.1, 0.15) is 183 Å². The number of carbonyl (C=O) groups is 1. The minimum Gasteiger partial charge on any atom is -0.458 e. The van der Waals surface area contributed by atoms with Crippen LogP contribution in [0.3, 0.4) is 0 Å². The molecule has 0 aliphatic carbocycles. The van der Waals surface area contributed by atoms with Gasteiger partial charge in [0.1, 0.15) is 36.1 Å². The predicted molar refractivity (Wildman–Crippen MR) is 343 cm³/mol. The van der Waals surface area contributed by atoms with Gasteiger partial charge in [-0.15, -0.1) is 12.3 Å². The fourth-order valence-corrected chi connectivity index (χ4v) is 20.7. The lowest BCUT2D eigenvalue weighted by Crippen LogP contribution is -2.57. The number of nitrogens with zero attached hydrogens (tertiary/aromatic N) is 2. The first-order chi connectivity index (χ1) is 40.6. The molecule has 17 heteroatoms. The summed E-state index contributed by atoms with van der Waals surface area (Å²) >= 11 is 0. The quantitative estimate of drug-likeness (QED) is 0.0429. The Hall–Kier alpha value is -4.04. The third kappa shape index (κ3) is 17.5. The largest absolute Gasteiger partial charge is 0.458 e. The molecule has 7 rings (SSSR count). The highest BCUT2D eigenvalue weighted by molar-refractivity contribution is 6.77. The van der Waals surface area contributed by atoms with Crippen LogP contribution in [0.5, 0.6) is 0 Å². The van der Waals surface area contributed by atoms with Crippen molar-refractivity contribution in [1.82, 2.24) is 9.97 Å². The fraction of sp³-hybridized carbons (Fsp3) is 0.696. The van der Waals surface area contributed by atoms with Crippen molar-refractivity contribution in [3.05, 3.63) is 95.4 Å². The van der Waals surface area contributed by atoms with Gasteiger partial charge in [0.2, 0.25) is 14.2 Å². The smallest absolute Gasteiger partial charge is 0.330 e. The molecule has 8 bridgehead atoms. The van der Waals surface area contributed by atoms with Gasteiger partial charge < -0.3 is 55.6 Å². The molecular weight excluding hydrogens is 1120 g/mol. The van der Waals surface area contributed by atoms with Gasteiger partial charge >= 0.3 is 5.97 Å². The lowest BCUT2D eigenvalue weighted by Gasteiger charge is -2.49. The molecule has 5 aliphatic heterocycles. The molecule has 15 atom stereocenters. The van der Waals surface area contributed by atoms with Gasteiger partial charge in [-0.3, -0.25) is 0 Å². The number of hydrogen-bond acceptors (Lipinski definition) is 15. The minimum atomic E-state index is -2.45. The number of rotatable bonds is 19. The molecule has 0 aromatic carbocycles. The average molecular weight is 1230 g/mol. The highest BCUT2D eigenvalue weighted by Crippen LogP contribution is 2.47. The number of aromatic nitrogens is 2. The molecule has 4 fully saturated rings. The zero-order valence-corrected chi connectivity index (χ0v) is 57.4. The number of allylic oxidation sites excluding steroid dienone is 2. The van der Waals surface area contributed by atoms with Crippen molar-refractivity contribution in [3.63, 3.8) is 0 Å². The molecule has 86 heavy (non-hydrogen) atoms. The molecule has 0 saturated carbocycles. The molecule has 4 saturated heterocycles. The van der Waals surface area contributed by atoms with Crippen LogP contribution in [-0.2, 0) is 58.0 Å². The lowest BCUT2D eigenvalue weighted by atomic mass is 9.79. The van der Waals surface area contributed by atoms with Gasteiger partial charge in [0, 0.05) is 71.3 Å². The SMILES string of the molecule is C#CC[C@H](/C=C/C(C)=C/[C@@H](O[Si](C(C)C)(C(C)C)C(C)C)[C@H]1C[C@@H](OC)C[C@](Cc2nc(/C=C(\C)[C@@H]3O[C@@H]4C/C=C/c5nc(co5)[C@H]5C[C@H](O[Si](C)(C)C(C)(C)C)C[C@@H](C[C@H]6CC(=C)C[C@H](C/C=C\C(=O)O[C@H]([C@H]3C)[C@@H]4C)O6)O5)co2)(OC)O1)OC.